The van der Waals surface area contributed by atoms with Crippen molar-refractivity contribution in [2.45, 2.75) is 51.6 Å². The third-order valence-electron chi connectivity index (χ3n) is 5.51. The molecule has 1 unspecified atom stereocenters. The topological polar surface area (TPSA) is 88.7 Å². The van der Waals surface area contributed by atoms with Crippen molar-refractivity contribution in [2.24, 2.45) is 4.74 Å². The lowest BCUT2D eigenvalue weighted by atomic mass is 10.2. The van der Waals surface area contributed by atoms with Crippen molar-refractivity contribution < 1.29 is 9.72 Å². The van der Waals surface area contributed by atoms with Gasteiger partial charge in [0.25, 0.3) is 11.6 Å². The Morgan fingerprint density at radius 3 is 2.10 bits per heavy atom. The zero-order valence-electron chi connectivity index (χ0n) is 17.8. The number of hydrogen-bond donors (Lipinski definition) is 0. The Labute approximate surface area is 177 Å². The first-order valence-corrected chi connectivity index (χ1v) is 12.0. The Morgan fingerprint density at radius 1 is 1.03 bits per heavy atom. The van der Waals surface area contributed by atoms with Crippen LogP contribution in [-0.2, 0) is 0 Å². The summed E-state index contributed by atoms with van der Waals surface area (Å²) in [6, 6.07) is 9.68. The number of aromatic nitrogens is 1. The highest BCUT2D eigenvalue weighted by Gasteiger charge is 2.42. The van der Waals surface area contributed by atoms with Gasteiger partial charge in [0, 0.05) is 53.6 Å². The summed E-state index contributed by atoms with van der Waals surface area (Å²) < 4.78 is 7.40. The van der Waals surface area contributed by atoms with E-state index in [9.17, 15) is 14.9 Å². The highest BCUT2D eigenvalue weighted by molar-refractivity contribution is 7.73. The van der Waals surface area contributed by atoms with Gasteiger partial charge < -0.3 is 0 Å². The van der Waals surface area contributed by atoms with Crippen molar-refractivity contribution in [1.29, 1.82) is 0 Å². The van der Waals surface area contributed by atoms with Crippen LogP contribution in [0.3, 0.4) is 0 Å². The van der Waals surface area contributed by atoms with Crippen molar-refractivity contribution >= 4 is 24.1 Å². The third-order valence-corrected chi connectivity index (χ3v) is 10.1. The van der Waals surface area contributed by atoms with Crippen LogP contribution in [0.5, 0.6) is 0 Å². The number of non-ortho nitro benzene ring substituents is 1. The molecule has 30 heavy (non-hydrogen) atoms. The molecule has 7 nitrogen and oxygen atoms in total. The fraction of sp³-hybridized carbons (Fsp3) is 0.455. The summed E-state index contributed by atoms with van der Waals surface area (Å²) in [5.41, 5.74) is 0.336. The number of benzene rings is 1. The van der Waals surface area contributed by atoms with E-state index < -0.39 is 12.1 Å². The maximum atomic E-state index is 13.3. The molecule has 0 aliphatic carbocycles. The Balaban J connectivity index is 2.18. The van der Waals surface area contributed by atoms with Gasteiger partial charge in [0.15, 0.2) is 0 Å². The number of nitro benzene ring substituents is 1. The normalized spacial score (nSPS) is 17.6. The van der Waals surface area contributed by atoms with Gasteiger partial charge in [0.05, 0.1) is 12.1 Å². The maximum absolute atomic E-state index is 13.3. The van der Waals surface area contributed by atoms with E-state index in [0.717, 1.165) is 31.2 Å². The standard InChI is InChI=1S/C22H29N4O3P/c1-22(2,3)30(20-12-14-23-15-13-20,25-16-6-4-5-7-17-25)24-21(27)18-8-10-19(11-9-18)26(28)29/h8-15H,4-7,16-17H2,1-3H3. The predicted molar refractivity (Wildman–Crippen MR) is 120 cm³/mol. The van der Waals surface area contributed by atoms with Crippen molar-refractivity contribution in [3.05, 3.63) is 64.5 Å². The summed E-state index contributed by atoms with van der Waals surface area (Å²) in [6.45, 7) is 8.27. The molecular formula is C22H29N4O3P. The molecule has 1 amide bonds. The summed E-state index contributed by atoms with van der Waals surface area (Å²) in [6.07, 6.45) is 8.08. The number of nitrogens with zero attached hydrogens (tertiary/aromatic N) is 4. The van der Waals surface area contributed by atoms with Crippen LogP contribution >= 0.6 is 7.21 Å². The van der Waals surface area contributed by atoms with Gasteiger partial charge in [-0.15, -0.1) is 0 Å². The van der Waals surface area contributed by atoms with Gasteiger partial charge >= 0.3 is 0 Å². The molecule has 0 saturated carbocycles. The van der Waals surface area contributed by atoms with Gasteiger partial charge in [0.2, 0.25) is 0 Å². The predicted octanol–water partition coefficient (Wildman–Crippen LogP) is 5.25. The minimum atomic E-state index is -2.45. The Morgan fingerprint density at radius 2 is 1.60 bits per heavy atom. The maximum Gasteiger partial charge on any atom is 0.277 e. The van der Waals surface area contributed by atoms with Crippen LogP contribution in [-0.4, -0.2) is 38.7 Å². The molecule has 0 N–H and O–H groups in total. The van der Waals surface area contributed by atoms with Gasteiger partial charge in [-0.05, 0) is 37.1 Å². The van der Waals surface area contributed by atoms with Crippen LogP contribution in [0.1, 0.15) is 56.8 Å². The molecule has 0 radical (unpaired) electrons. The Kier molecular flexibility index (Phi) is 6.84. The van der Waals surface area contributed by atoms with Crippen molar-refractivity contribution in [1.82, 2.24) is 9.65 Å². The summed E-state index contributed by atoms with van der Waals surface area (Å²) >= 11 is 0. The lowest BCUT2D eigenvalue weighted by Crippen LogP contribution is -2.37. The highest BCUT2D eigenvalue weighted by atomic mass is 31.2. The lowest BCUT2D eigenvalue weighted by Gasteiger charge is -2.45. The second-order valence-corrected chi connectivity index (χ2v) is 12.4. The summed E-state index contributed by atoms with van der Waals surface area (Å²) in [4.78, 5) is 28.0. The molecule has 2 aromatic rings. The second kappa shape index (κ2) is 9.19. The molecule has 0 bridgehead atoms. The second-order valence-electron chi connectivity index (χ2n) is 8.55. The molecule has 1 atom stereocenters. The Hall–Kier alpha value is -2.37. The zero-order chi connectivity index (χ0) is 21.8. The smallest absolute Gasteiger partial charge is 0.267 e. The van der Waals surface area contributed by atoms with E-state index in [1.165, 1.54) is 37.1 Å². The number of rotatable bonds is 4. The fourth-order valence-corrected chi connectivity index (χ4v) is 8.34. The molecule has 2 heterocycles. The molecule has 8 heteroatoms. The summed E-state index contributed by atoms with van der Waals surface area (Å²) in [5.74, 6) is -0.325. The SMILES string of the molecule is CC(C)(C)P(=NC(=O)c1ccc([N+](=O)[O-])cc1)(c1ccncc1)N1CCCCCC1. The van der Waals surface area contributed by atoms with Crippen LogP contribution in [0.2, 0.25) is 0 Å². The molecule has 160 valence electrons. The number of carbonyl (C=O) groups is 1. The summed E-state index contributed by atoms with van der Waals surface area (Å²) in [5, 5.41) is 11.7. The first kappa shape index (κ1) is 22.3. The van der Waals surface area contributed by atoms with Gasteiger partial charge in [-0.25, -0.2) is 4.74 Å². The highest BCUT2D eigenvalue weighted by Crippen LogP contribution is 2.63. The van der Waals surface area contributed by atoms with Crippen LogP contribution < -0.4 is 5.30 Å². The quantitative estimate of drug-likeness (QED) is 0.377. The van der Waals surface area contributed by atoms with Gasteiger partial charge in [-0.2, -0.15) is 0 Å². The van der Waals surface area contributed by atoms with Crippen molar-refractivity contribution in [3.63, 3.8) is 0 Å². The largest absolute Gasteiger partial charge is 0.277 e. The monoisotopic (exact) mass is 428 g/mol. The number of amides is 1. The van der Waals surface area contributed by atoms with Crippen LogP contribution in [0.4, 0.5) is 5.69 Å². The van der Waals surface area contributed by atoms with E-state index in [4.69, 9.17) is 4.74 Å². The third kappa shape index (κ3) is 4.52. The van der Waals surface area contributed by atoms with E-state index in [2.05, 4.69) is 30.4 Å². The van der Waals surface area contributed by atoms with Crippen LogP contribution in [0.15, 0.2) is 53.5 Å². The van der Waals surface area contributed by atoms with E-state index in [1.54, 1.807) is 12.4 Å². The number of nitro groups is 1. The number of hydrogen-bond acceptors (Lipinski definition) is 4. The van der Waals surface area contributed by atoms with E-state index in [-0.39, 0.29) is 16.8 Å². The molecule has 3 rings (SSSR count). The fourth-order valence-electron chi connectivity index (χ4n) is 4.06. The molecule has 1 aromatic heterocycles. The molecule has 1 aliphatic heterocycles. The average Bonchev–Trinajstić information content (AvgIpc) is 3.01. The van der Waals surface area contributed by atoms with Gasteiger partial charge in [0.1, 0.15) is 0 Å². The van der Waals surface area contributed by atoms with E-state index >= 15 is 0 Å². The molecule has 0 spiro atoms. The van der Waals surface area contributed by atoms with Crippen molar-refractivity contribution in [3.8, 4) is 0 Å². The van der Waals surface area contributed by atoms with E-state index in [1.807, 2.05) is 12.1 Å². The molecule has 1 saturated heterocycles. The molecule has 1 aliphatic rings. The average molecular weight is 428 g/mol. The molecule has 1 aromatic carbocycles. The van der Waals surface area contributed by atoms with Crippen molar-refractivity contribution in [2.75, 3.05) is 13.1 Å². The van der Waals surface area contributed by atoms with Crippen LogP contribution in [0, 0.1) is 10.1 Å². The minimum absolute atomic E-state index is 0.0370. The molecular weight excluding hydrogens is 399 g/mol. The number of pyridine rings is 1. The minimum Gasteiger partial charge on any atom is -0.267 e. The van der Waals surface area contributed by atoms with Gasteiger partial charge in [-0.1, -0.05) is 33.6 Å². The van der Waals surface area contributed by atoms with Crippen LogP contribution in [0.25, 0.3) is 0 Å². The molecule has 1 fully saturated rings. The zero-order valence-corrected chi connectivity index (χ0v) is 18.7. The van der Waals surface area contributed by atoms with E-state index in [0.29, 0.717) is 5.56 Å². The lowest BCUT2D eigenvalue weighted by molar-refractivity contribution is -0.384. The van der Waals surface area contributed by atoms with Gasteiger partial charge in [-0.3, -0.25) is 24.6 Å². The Bertz CT molecular complexity index is 945. The first-order valence-electron chi connectivity index (χ1n) is 10.3. The number of carbonyl (C=O) groups excluding carboxylic acids is 1. The first-order chi connectivity index (χ1) is 14.3. The summed E-state index contributed by atoms with van der Waals surface area (Å²) in [7, 11) is -2.45.